The normalized spacial score (nSPS) is 27.5. The number of phenols is 1. The van der Waals surface area contributed by atoms with E-state index in [2.05, 4.69) is 10.5 Å². The van der Waals surface area contributed by atoms with Crippen molar-refractivity contribution in [1.82, 2.24) is 4.90 Å². The Hall–Kier alpha value is -5.01. The molecule has 0 saturated heterocycles. The van der Waals surface area contributed by atoms with Crippen LogP contribution in [0.25, 0.3) is 16.9 Å². The number of nitrogens with one attached hydrogen (secondary N) is 1. The number of ketones is 2. The average molecular weight is 603 g/mol. The Kier molecular flexibility index (Phi) is 6.82. The molecule has 0 radical (unpaired) electrons. The lowest BCUT2D eigenvalue weighted by Crippen LogP contribution is -2.65. The predicted octanol–water partition coefficient (Wildman–Crippen LogP) is 1.34. The largest absolute Gasteiger partial charge is 0.508 e. The van der Waals surface area contributed by atoms with E-state index in [1.807, 2.05) is 0 Å². The summed E-state index contributed by atoms with van der Waals surface area (Å²) in [5.41, 5.74) is 3.97. The molecular weight excluding hydrogens is 572 g/mol. The van der Waals surface area contributed by atoms with Crippen LogP contribution in [0.4, 0.5) is 5.69 Å². The minimum atomic E-state index is -2.70. The number of hydrogen-bond donors (Lipinski definition) is 6. The molecule has 1 heterocycles. The number of fused-ring (bicyclic) bond motifs is 3. The highest BCUT2D eigenvalue weighted by molar-refractivity contribution is 6.24. The van der Waals surface area contributed by atoms with Crippen molar-refractivity contribution in [1.29, 1.82) is 0 Å². The van der Waals surface area contributed by atoms with Crippen LogP contribution in [0.2, 0.25) is 0 Å². The van der Waals surface area contributed by atoms with Crippen molar-refractivity contribution in [3.8, 4) is 16.9 Å². The van der Waals surface area contributed by atoms with Gasteiger partial charge in [0.2, 0.25) is 11.9 Å². The number of rotatable bonds is 5. The number of amides is 2. The van der Waals surface area contributed by atoms with Gasteiger partial charge in [0.25, 0.3) is 11.8 Å². The van der Waals surface area contributed by atoms with Gasteiger partial charge in [-0.15, -0.1) is 0 Å². The van der Waals surface area contributed by atoms with Gasteiger partial charge in [-0.1, -0.05) is 23.4 Å². The highest BCUT2D eigenvalue weighted by Gasteiger charge is 2.64. The van der Waals surface area contributed by atoms with Gasteiger partial charge < -0.3 is 36.3 Å². The van der Waals surface area contributed by atoms with E-state index >= 15 is 0 Å². The number of carbonyl (C=O) groups is 4. The fourth-order valence-corrected chi connectivity index (χ4v) is 6.92. The first-order valence-corrected chi connectivity index (χ1v) is 13.9. The highest BCUT2D eigenvalue weighted by Crippen LogP contribution is 2.53. The maximum Gasteiger partial charge on any atom is 0.268 e. The Labute approximate surface area is 250 Å². The highest BCUT2D eigenvalue weighted by atomic mass is 16.6. The van der Waals surface area contributed by atoms with Crippen molar-refractivity contribution in [3.63, 3.8) is 0 Å². The molecule has 3 aliphatic carbocycles. The van der Waals surface area contributed by atoms with E-state index in [1.54, 1.807) is 44.4 Å². The zero-order valence-corrected chi connectivity index (χ0v) is 23.8. The molecule has 2 amide bonds. The number of anilines is 1. The van der Waals surface area contributed by atoms with Gasteiger partial charge in [0.05, 0.1) is 11.6 Å². The van der Waals surface area contributed by atoms with E-state index in [1.165, 1.54) is 17.2 Å². The maximum atomic E-state index is 14.0. The Bertz CT molecular complexity index is 1720. The summed E-state index contributed by atoms with van der Waals surface area (Å²) < 4.78 is 0. The molecule has 228 valence electrons. The van der Waals surface area contributed by atoms with Crippen molar-refractivity contribution in [2.24, 2.45) is 22.7 Å². The zero-order valence-electron chi connectivity index (χ0n) is 23.8. The topological polar surface area (TPSA) is 212 Å². The predicted molar refractivity (Wildman–Crippen MR) is 156 cm³/mol. The van der Waals surface area contributed by atoms with Crippen molar-refractivity contribution in [2.75, 3.05) is 19.4 Å². The lowest BCUT2D eigenvalue weighted by molar-refractivity contribution is -0.153. The van der Waals surface area contributed by atoms with E-state index in [4.69, 9.17) is 10.6 Å². The molecule has 1 unspecified atom stereocenters. The number of carbonyl (C=O) groups excluding carboxylic acids is 4. The standard InChI is InChI=1S/C31H30N4O9/c1-35(2)24-18-12-14-11-17-16(13-3-5-15(6-4-13)34-30(42)20-9-10-33-44-20)7-8-19(36)22(17)25(37)21(14)27(39)31(18,43)28(40)23(26(24)38)29(32)41/h3-8,10,14,18,20,24,36-37,40,43H,9,11-12H2,1-2H3,(H2,32,41)(H,34,42)/t14-,18-,20?,24-,31-/m0/s1. The van der Waals surface area contributed by atoms with E-state index in [0.717, 1.165) is 0 Å². The van der Waals surface area contributed by atoms with E-state index in [0.29, 0.717) is 28.8 Å². The van der Waals surface area contributed by atoms with Crippen LogP contribution in [0, 0.1) is 11.8 Å². The van der Waals surface area contributed by atoms with Crippen molar-refractivity contribution < 1.29 is 44.4 Å². The van der Waals surface area contributed by atoms with Crippen molar-refractivity contribution >= 4 is 41.0 Å². The average Bonchev–Trinajstić information content (AvgIpc) is 3.51. The second-order valence-electron chi connectivity index (χ2n) is 11.6. The Morgan fingerprint density at radius 3 is 2.41 bits per heavy atom. The summed E-state index contributed by atoms with van der Waals surface area (Å²) in [6.07, 6.45) is 1.32. The van der Waals surface area contributed by atoms with Crippen LogP contribution < -0.4 is 11.1 Å². The van der Waals surface area contributed by atoms with Gasteiger partial charge >= 0.3 is 0 Å². The number of likely N-dealkylation sites (N-methyl/N-ethyl adjacent to an activating group) is 1. The Balaban J connectivity index is 1.41. The second-order valence-corrected chi connectivity index (χ2v) is 11.6. The number of aliphatic hydroxyl groups is 3. The number of nitrogens with zero attached hydrogens (tertiary/aromatic N) is 2. The number of Topliss-reactive ketones (excluding diaryl/α,β-unsaturated/α-hetero) is 2. The Morgan fingerprint density at radius 2 is 1.80 bits per heavy atom. The number of hydrogen-bond acceptors (Lipinski definition) is 11. The summed E-state index contributed by atoms with van der Waals surface area (Å²) >= 11 is 0. The van der Waals surface area contributed by atoms with Gasteiger partial charge in [-0.05, 0) is 67.7 Å². The first kappa shape index (κ1) is 29.1. The molecule has 13 heteroatoms. The molecule has 0 bridgehead atoms. The fraction of sp³-hybridized carbons (Fsp3) is 0.323. The van der Waals surface area contributed by atoms with E-state index < -0.39 is 64.1 Å². The van der Waals surface area contributed by atoms with Crippen molar-refractivity contribution in [2.45, 2.75) is 37.0 Å². The fourth-order valence-electron chi connectivity index (χ4n) is 6.92. The molecule has 13 nitrogen and oxygen atoms in total. The number of phenolic OH excluding ortho intramolecular Hbond substituents is 1. The molecule has 6 rings (SSSR count). The molecule has 1 saturated carbocycles. The Morgan fingerprint density at radius 1 is 1.09 bits per heavy atom. The minimum Gasteiger partial charge on any atom is -0.508 e. The van der Waals surface area contributed by atoms with Crippen LogP contribution >= 0.6 is 0 Å². The molecular formula is C31H30N4O9. The molecule has 7 N–H and O–H groups in total. The summed E-state index contributed by atoms with van der Waals surface area (Å²) in [6.45, 7) is 0. The van der Waals surface area contributed by atoms with Gasteiger partial charge in [0.15, 0.2) is 11.4 Å². The summed E-state index contributed by atoms with van der Waals surface area (Å²) in [4.78, 5) is 58.3. The number of nitrogens with two attached hydrogens (primary N) is 1. The second kappa shape index (κ2) is 10.3. The molecule has 1 fully saturated rings. The maximum absolute atomic E-state index is 14.0. The van der Waals surface area contributed by atoms with Gasteiger partial charge in [-0.3, -0.25) is 24.1 Å². The summed E-state index contributed by atoms with van der Waals surface area (Å²) in [5.74, 6) is -7.39. The van der Waals surface area contributed by atoms with Gasteiger partial charge in [-0.25, -0.2) is 0 Å². The molecule has 2 aromatic carbocycles. The molecule has 1 aliphatic heterocycles. The molecule has 5 atom stereocenters. The minimum absolute atomic E-state index is 0.00505. The number of aliphatic hydroxyl groups excluding tert-OH is 2. The first-order chi connectivity index (χ1) is 20.9. The SMILES string of the molecule is CN(C)[C@@H]1C(=O)C(C(N)=O)=C(O)[C@@]2(O)C(=O)C3=C(O)c4c(O)ccc(-c5ccc(NC(=O)C6CC=NO6)cc5)c4C[C@H]3C[C@@H]12. The van der Waals surface area contributed by atoms with Crippen LogP contribution in [-0.4, -0.2) is 86.8 Å². The van der Waals surface area contributed by atoms with Crippen LogP contribution in [0.5, 0.6) is 5.75 Å². The number of oxime groups is 1. The summed E-state index contributed by atoms with van der Waals surface area (Å²) in [5, 5.41) is 51.4. The lowest BCUT2D eigenvalue weighted by atomic mass is 9.57. The number of aromatic hydroxyl groups is 1. The monoisotopic (exact) mass is 602 g/mol. The molecule has 2 aromatic rings. The third-order valence-corrected chi connectivity index (χ3v) is 8.94. The smallest absolute Gasteiger partial charge is 0.268 e. The number of benzene rings is 2. The number of primary amides is 1. The molecule has 44 heavy (non-hydrogen) atoms. The van der Waals surface area contributed by atoms with E-state index in [9.17, 15) is 39.6 Å². The third kappa shape index (κ3) is 4.19. The lowest BCUT2D eigenvalue weighted by Gasteiger charge is -2.50. The first-order valence-electron chi connectivity index (χ1n) is 13.9. The molecule has 0 aromatic heterocycles. The van der Waals surface area contributed by atoms with Crippen molar-refractivity contribution in [3.05, 3.63) is 64.4 Å². The van der Waals surface area contributed by atoms with Gasteiger partial charge in [0.1, 0.15) is 22.8 Å². The van der Waals surface area contributed by atoms with Crippen LogP contribution in [0.3, 0.4) is 0 Å². The molecule has 4 aliphatic rings. The molecule has 0 spiro atoms. The van der Waals surface area contributed by atoms with Gasteiger partial charge in [-0.2, -0.15) is 0 Å². The zero-order chi connectivity index (χ0) is 31.7. The van der Waals surface area contributed by atoms with Gasteiger partial charge in [0, 0.05) is 29.8 Å². The summed E-state index contributed by atoms with van der Waals surface area (Å²) in [6, 6.07) is 8.77. The summed E-state index contributed by atoms with van der Waals surface area (Å²) in [7, 11) is 3.09. The van der Waals surface area contributed by atoms with E-state index in [-0.39, 0.29) is 35.6 Å². The quantitative estimate of drug-likeness (QED) is 0.270. The third-order valence-electron chi connectivity index (χ3n) is 8.94. The van der Waals surface area contributed by atoms with Crippen LogP contribution in [-0.2, 0) is 30.4 Å². The van der Waals surface area contributed by atoms with Crippen LogP contribution in [0.15, 0.2) is 58.5 Å². The van der Waals surface area contributed by atoms with Crippen LogP contribution in [0.1, 0.15) is 24.0 Å².